The van der Waals surface area contributed by atoms with Gasteiger partial charge in [0.1, 0.15) is 0 Å². The zero-order valence-corrected chi connectivity index (χ0v) is 7.92. The van der Waals surface area contributed by atoms with Gasteiger partial charge in [-0.1, -0.05) is 6.07 Å². The molecule has 0 saturated heterocycles. The van der Waals surface area contributed by atoms with E-state index in [9.17, 15) is 4.79 Å². The quantitative estimate of drug-likeness (QED) is 0.671. The Morgan fingerprint density at radius 1 is 1.54 bits per heavy atom. The molecule has 1 aromatic carbocycles. The average Bonchev–Trinajstić information content (AvgIpc) is 2.09. The number of nitrogens with two attached hydrogens (primary N) is 1. The predicted molar refractivity (Wildman–Crippen MR) is 53.6 cm³/mol. The molecule has 13 heavy (non-hydrogen) atoms. The van der Waals surface area contributed by atoms with Gasteiger partial charge in [-0.05, 0) is 31.5 Å². The maximum absolute atomic E-state index is 11.5. The molecule has 0 fully saturated rings. The molecule has 0 aliphatic carbocycles. The number of hydrogen-bond acceptors (Lipinski definition) is 2. The molecule has 1 amide bonds. The Hall–Kier alpha value is -1.51. The summed E-state index contributed by atoms with van der Waals surface area (Å²) in [6.07, 6.45) is 0. The van der Waals surface area contributed by atoms with Crippen molar-refractivity contribution in [3.05, 3.63) is 29.3 Å². The number of aryl methyl sites for hydroxylation is 1. The van der Waals surface area contributed by atoms with Gasteiger partial charge in [-0.3, -0.25) is 4.79 Å². The van der Waals surface area contributed by atoms with E-state index in [0.717, 1.165) is 5.56 Å². The van der Waals surface area contributed by atoms with Crippen LogP contribution in [0.4, 0.5) is 5.69 Å². The first-order valence-electron chi connectivity index (χ1n) is 4.29. The van der Waals surface area contributed by atoms with E-state index in [-0.39, 0.29) is 5.91 Å². The van der Waals surface area contributed by atoms with E-state index >= 15 is 0 Å². The smallest absolute Gasteiger partial charge is 0.251 e. The number of nitrogens with one attached hydrogen (secondary N) is 1. The molecular weight excluding hydrogens is 164 g/mol. The van der Waals surface area contributed by atoms with Gasteiger partial charge >= 0.3 is 0 Å². The van der Waals surface area contributed by atoms with E-state index in [1.807, 2.05) is 19.9 Å². The van der Waals surface area contributed by atoms with Crippen LogP contribution in [0.1, 0.15) is 22.8 Å². The van der Waals surface area contributed by atoms with Crippen molar-refractivity contribution < 1.29 is 4.79 Å². The van der Waals surface area contributed by atoms with Crippen LogP contribution in [-0.4, -0.2) is 12.5 Å². The minimum Gasteiger partial charge on any atom is -0.399 e. The maximum Gasteiger partial charge on any atom is 0.251 e. The van der Waals surface area contributed by atoms with Gasteiger partial charge in [0.15, 0.2) is 0 Å². The van der Waals surface area contributed by atoms with E-state index < -0.39 is 0 Å². The van der Waals surface area contributed by atoms with Gasteiger partial charge in [0.05, 0.1) is 0 Å². The number of carbonyl (C=O) groups excluding carboxylic acids is 1. The van der Waals surface area contributed by atoms with E-state index in [0.29, 0.717) is 17.8 Å². The summed E-state index contributed by atoms with van der Waals surface area (Å²) in [5.74, 6) is -0.0627. The molecule has 0 atom stereocenters. The standard InChI is InChI=1S/C10H14N2O/c1-3-12-10(13)9-6-8(11)5-4-7(9)2/h4-6H,3,11H2,1-2H3,(H,12,13). The van der Waals surface area contributed by atoms with Gasteiger partial charge in [0.2, 0.25) is 0 Å². The summed E-state index contributed by atoms with van der Waals surface area (Å²) in [6, 6.07) is 5.33. The molecule has 1 rings (SSSR count). The predicted octanol–water partition coefficient (Wildman–Crippen LogP) is 1.33. The van der Waals surface area contributed by atoms with Crippen LogP contribution in [0.3, 0.4) is 0 Å². The Bertz CT molecular complexity index is 321. The van der Waals surface area contributed by atoms with Crippen LogP contribution in [-0.2, 0) is 0 Å². The Morgan fingerprint density at radius 2 is 2.23 bits per heavy atom. The number of amides is 1. The number of nitrogen functional groups attached to an aromatic ring is 1. The van der Waals surface area contributed by atoms with Crippen molar-refractivity contribution in [3.8, 4) is 0 Å². The highest BCUT2D eigenvalue weighted by molar-refractivity contribution is 5.96. The van der Waals surface area contributed by atoms with Crippen LogP contribution in [0, 0.1) is 6.92 Å². The molecule has 0 radical (unpaired) electrons. The van der Waals surface area contributed by atoms with Gasteiger partial charge in [0, 0.05) is 17.8 Å². The van der Waals surface area contributed by atoms with E-state index in [1.165, 1.54) is 0 Å². The fourth-order valence-electron chi connectivity index (χ4n) is 1.14. The molecule has 0 saturated carbocycles. The summed E-state index contributed by atoms with van der Waals surface area (Å²) in [7, 11) is 0. The second kappa shape index (κ2) is 3.94. The minimum atomic E-state index is -0.0627. The number of rotatable bonds is 2. The molecule has 0 aliphatic rings. The SMILES string of the molecule is CCNC(=O)c1cc(N)ccc1C. The molecule has 0 aromatic heterocycles. The lowest BCUT2D eigenvalue weighted by molar-refractivity contribution is 0.0955. The zero-order valence-electron chi connectivity index (χ0n) is 7.92. The highest BCUT2D eigenvalue weighted by Crippen LogP contribution is 2.12. The Labute approximate surface area is 77.9 Å². The van der Waals surface area contributed by atoms with Crippen molar-refractivity contribution in [3.63, 3.8) is 0 Å². The number of hydrogen-bond donors (Lipinski definition) is 2. The van der Waals surface area contributed by atoms with Crippen molar-refractivity contribution in [1.82, 2.24) is 5.32 Å². The molecule has 0 heterocycles. The van der Waals surface area contributed by atoms with Crippen LogP contribution in [0.25, 0.3) is 0 Å². The van der Waals surface area contributed by atoms with Crippen molar-refractivity contribution in [2.24, 2.45) is 0 Å². The Morgan fingerprint density at radius 3 is 2.85 bits per heavy atom. The van der Waals surface area contributed by atoms with E-state index in [1.54, 1.807) is 12.1 Å². The molecule has 70 valence electrons. The van der Waals surface area contributed by atoms with E-state index in [2.05, 4.69) is 5.32 Å². The van der Waals surface area contributed by atoms with Crippen LogP contribution >= 0.6 is 0 Å². The number of benzene rings is 1. The van der Waals surface area contributed by atoms with Gasteiger partial charge < -0.3 is 11.1 Å². The molecule has 3 N–H and O–H groups in total. The lowest BCUT2D eigenvalue weighted by Crippen LogP contribution is -2.23. The summed E-state index contributed by atoms with van der Waals surface area (Å²) >= 11 is 0. The first-order valence-corrected chi connectivity index (χ1v) is 4.29. The molecule has 0 bridgehead atoms. The fourth-order valence-corrected chi connectivity index (χ4v) is 1.14. The third-order valence-corrected chi connectivity index (χ3v) is 1.84. The Kier molecular flexibility index (Phi) is 2.90. The normalized spacial score (nSPS) is 9.69. The average molecular weight is 178 g/mol. The fraction of sp³-hybridized carbons (Fsp3) is 0.300. The van der Waals surface area contributed by atoms with Gasteiger partial charge in [-0.25, -0.2) is 0 Å². The summed E-state index contributed by atoms with van der Waals surface area (Å²) in [6.45, 7) is 4.41. The summed E-state index contributed by atoms with van der Waals surface area (Å²) < 4.78 is 0. The largest absolute Gasteiger partial charge is 0.399 e. The molecule has 0 unspecified atom stereocenters. The van der Waals surface area contributed by atoms with Crippen molar-refractivity contribution in [2.45, 2.75) is 13.8 Å². The molecule has 0 aliphatic heterocycles. The van der Waals surface area contributed by atoms with Crippen LogP contribution in [0.5, 0.6) is 0 Å². The topological polar surface area (TPSA) is 55.1 Å². The van der Waals surface area contributed by atoms with E-state index in [4.69, 9.17) is 5.73 Å². The second-order valence-electron chi connectivity index (χ2n) is 2.93. The molecule has 3 nitrogen and oxygen atoms in total. The van der Waals surface area contributed by atoms with Crippen molar-refractivity contribution in [2.75, 3.05) is 12.3 Å². The van der Waals surface area contributed by atoms with Crippen LogP contribution in [0.2, 0.25) is 0 Å². The third kappa shape index (κ3) is 2.21. The first-order chi connectivity index (χ1) is 6.15. The van der Waals surface area contributed by atoms with Crippen molar-refractivity contribution in [1.29, 1.82) is 0 Å². The van der Waals surface area contributed by atoms with Gasteiger partial charge in [0.25, 0.3) is 5.91 Å². The highest BCUT2D eigenvalue weighted by atomic mass is 16.1. The summed E-state index contributed by atoms with van der Waals surface area (Å²) in [4.78, 5) is 11.5. The zero-order chi connectivity index (χ0) is 9.84. The second-order valence-corrected chi connectivity index (χ2v) is 2.93. The minimum absolute atomic E-state index is 0.0627. The highest BCUT2D eigenvalue weighted by Gasteiger charge is 2.07. The maximum atomic E-state index is 11.5. The lowest BCUT2D eigenvalue weighted by atomic mass is 10.1. The number of carbonyl (C=O) groups is 1. The first kappa shape index (κ1) is 9.58. The molecular formula is C10H14N2O. The van der Waals surface area contributed by atoms with Gasteiger partial charge in [-0.15, -0.1) is 0 Å². The monoisotopic (exact) mass is 178 g/mol. The molecule has 0 spiro atoms. The van der Waals surface area contributed by atoms with Crippen molar-refractivity contribution >= 4 is 11.6 Å². The van der Waals surface area contributed by atoms with Crippen LogP contribution in [0.15, 0.2) is 18.2 Å². The third-order valence-electron chi connectivity index (χ3n) is 1.84. The van der Waals surface area contributed by atoms with Crippen LogP contribution < -0.4 is 11.1 Å². The Balaban J connectivity index is 2.99. The number of anilines is 1. The molecule has 3 heteroatoms. The molecule has 1 aromatic rings. The summed E-state index contributed by atoms with van der Waals surface area (Å²) in [5, 5.41) is 2.74. The summed E-state index contributed by atoms with van der Waals surface area (Å²) in [5.41, 5.74) is 7.80. The van der Waals surface area contributed by atoms with Gasteiger partial charge in [-0.2, -0.15) is 0 Å². The lowest BCUT2D eigenvalue weighted by Gasteiger charge is -2.06.